The van der Waals surface area contributed by atoms with E-state index in [4.69, 9.17) is 12.2 Å². The Morgan fingerprint density at radius 3 is 1.85 bits per heavy atom. The molecule has 0 heterocycles. The Kier molecular flexibility index (Phi) is 6.12. The van der Waals surface area contributed by atoms with Crippen molar-refractivity contribution in [3.8, 4) is 0 Å². The van der Waals surface area contributed by atoms with Crippen molar-refractivity contribution in [2.45, 2.75) is 5.92 Å². The van der Waals surface area contributed by atoms with Crippen molar-refractivity contribution < 1.29 is 9.18 Å². The summed E-state index contributed by atoms with van der Waals surface area (Å²) in [5, 5.41) is 2.81. The molecule has 0 unspecified atom stereocenters. The van der Waals surface area contributed by atoms with Gasteiger partial charge in [-0.05, 0) is 35.5 Å². The third kappa shape index (κ3) is 4.89. The number of anilines is 1. The smallest absolute Gasteiger partial charge is 0.250 e. The Morgan fingerprint density at radius 1 is 0.778 bits per heavy atom. The fourth-order valence-corrected chi connectivity index (χ4v) is 2.85. The number of carbonyl (C=O) groups excluding carboxylic acids is 1. The quantitative estimate of drug-likeness (QED) is 0.474. The number of hydrogen-bond donors (Lipinski definition) is 3. The Hall–Kier alpha value is -3.25. The van der Waals surface area contributed by atoms with Gasteiger partial charge in [-0.15, -0.1) is 0 Å². The number of benzene rings is 3. The van der Waals surface area contributed by atoms with Crippen LogP contribution in [0, 0.1) is 5.82 Å². The molecule has 3 N–H and O–H groups in total. The predicted molar refractivity (Wildman–Crippen MR) is 109 cm³/mol. The number of thiocarbonyl (C=S) groups is 1. The highest BCUT2D eigenvalue weighted by atomic mass is 32.1. The van der Waals surface area contributed by atoms with Crippen molar-refractivity contribution in [2.75, 3.05) is 5.32 Å². The van der Waals surface area contributed by atoms with Crippen LogP contribution in [0.1, 0.15) is 17.0 Å². The molecular weight excluding hydrogens is 361 g/mol. The number of nitrogens with one attached hydrogen (secondary N) is 3. The first-order chi connectivity index (χ1) is 13.1. The first kappa shape index (κ1) is 18.5. The first-order valence-corrected chi connectivity index (χ1v) is 8.77. The second kappa shape index (κ2) is 8.91. The van der Waals surface area contributed by atoms with Gasteiger partial charge < -0.3 is 5.32 Å². The van der Waals surface area contributed by atoms with Crippen LogP contribution in [0.25, 0.3) is 0 Å². The molecule has 0 aliphatic carbocycles. The molecule has 0 spiro atoms. The van der Waals surface area contributed by atoms with Crippen LogP contribution in [-0.4, -0.2) is 11.0 Å². The summed E-state index contributed by atoms with van der Waals surface area (Å²) in [6.45, 7) is 0. The summed E-state index contributed by atoms with van der Waals surface area (Å²) in [7, 11) is 0. The molecule has 27 heavy (non-hydrogen) atoms. The van der Waals surface area contributed by atoms with Crippen LogP contribution in [0.5, 0.6) is 0 Å². The summed E-state index contributed by atoms with van der Waals surface area (Å²) in [4.78, 5) is 12.8. The average molecular weight is 379 g/mol. The number of rotatable bonds is 4. The minimum atomic E-state index is -0.504. The van der Waals surface area contributed by atoms with E-state index >= 15 is 0 Å². The zero-order valence-electron chi connectivity index (χ0n) is 14.4. The van der Waals surface area contributed by atoms with Crippen molar-refractivity contribution in [3.05, 3.63) is 102 Å². The van der Waals surface area contributed by atoms with Gasteiger partial charge in [-0.25, -0.2) is 4.39 Å². The van der Waals surface area contributed by atoms with Gasteiger partial charge in [0.05, 0.1) is 11.6 Å². The van der Waals surface area contributed by atoms with E-state index in [0.717, 1.165) is 11.1 Å². The predicted octanol–water partition coefficient (Wildman–Crippen LogP) is 3.98. The number of carbonyl (C=O) groups is 1. The highest BCUT2D eigenvalue weighted by Gasteiger charge is 2.22. The molecule has 4 nitrogen and oxygen atoms in total. The van der Waals surface area contributed by atoms with Gasteiger partial charge in [0.25, 0.3) is 0 Å². The molecule has 0 aliphatic heterocycles. The highest BCUT2D eigenvalue weighted by Crippen LogP contribution is 2.24. The summed E-state index contributed by atoms with van der Waals surface area (Å²) in [5.41, 5.74) is 7.18. The van der Waals surface area contributed by atoms with Crippen molar-refractivity contribution in [1.82, 2.24) is 10.9 Å². The Bertz CT molecular complexity index is 879. The number of hydrazine groups is 1. The van der Waals surface area contributed by atoms with Gasteiger partial charge in [0.2, 0.25) is 5.91 Å². The molecule has 0 aromatic heterocycles. The molecule has 3 aromatic rings. The van der Waals surface area contributed by atoms with Gasteiger partial charge in [-0.3, -0.25) is 15.6 Å². The van der Waals surface area contributed by atoms with E-state index in [-0.39, 0.29) is 16.7 Å². The van der Waals surface area contributed by atoms with E-state index < -0.39 is 11.7 Å². The number of hydrogen-bond acceptors (Lipinski definition) is 2. The van der Waals surface area contributed by atoms with Crippen LogP contribution in [0.2, 0.25) is 0 Å². The van der Waals surface area contributed by atoms with Gasteiger partial charge in [0.1, 0.15) is 5.82 Å². The number of amides is 1. The minimum absolute atomic E-state index is 0.0910. The lowest BCUT2D eigenvalue weighted by molar-refractivity contribution is -0.122. The number of halogens is 1. The van der Waals surface area contributed by atoms with Gasteiger partial charge in [0.15, 0.2) is 5.11 Å². The maximum absolute atomic E-state index is 13.7. The van der Waals surface area contributed by atoms with E-state index in [1.807, 2.05) is 60.7 Å². The van der Waals surface area contributed by atoms with Gasteiger partial charge in [0, 0.05) is 0 Å². The van der Waals surface area contributed by atoms with Crippen molar-refractivity contribution >= 4 is 28.9 Å². The van der Waals surface area contributed by atoms with Gasteiger partial charge >= 0.3 is 0 Å². The third-order valence-corrected chi connectivity index (χ3v) is 4.15. The van der Waals surface area contributed by atoms with E-state index in [1.165, 1.54) is 6.07 Å². The highest BCUT2D eigenvalue weighted by molar-refractivity contribution is 7.80. The maximum atomic E-state index is 13.7. The normalized spacial score (nSPS) is 10.3. The Balaban J connectivity index is 1.70. The van der Waals surface area contributed by atoms with Crippen molar-refractivity contribution in [1.29, 1.82) is 0 Å². The fourth-order valence-electron chi connectivity index (χ4n) is 2.69. The van der Waals surface area contributed by atoms with Crippen LogP contribution >= 0.6 is 12.2 Å². The molecule has 0 bridgehead atoms. The monoisotopic (exact) mass is 379 g/mol. The van der Waals surface area contributed by atoms with E-state index in [1.54, 1.807) is 18.2 Å². The molecule has 0 radical (unpaired) electrons. The molecule has 3 rings (SSSR count). The third-order valence-electron chi connectivity index (χ3n) is 3.95. The summed E-state index contributed by atoms with van der Waals surface area (Å²) in [6, 6.07) is 25.1. The lowest BCUT2D eigenvalue weighted by Crippen LogP contribution is -2.46. The largest absolute Gasteiger partial charge is 0.329 e. The SMILES string of the molecule is O=C(NNC(=S)Nc1ccccc1F)C(c1ccccc1)c1ccccc1. The zero-order valence-corrected chi connectivity index (χ0v) is 15.2. The topological polar surface area (TPSA) is 53.2 Å². The van der Waals surface area contributed by atoms with E-state index in [0.29, 0.717) is 0 Å². The van der Waals surface area contributed by atoms with Crippen LogP contribution in [0.3, 0.4) is 0 Å². The second-order valence-electron chi connectivity index (χ2n) is 5.80. The van der Waals surface area contributed by atoms with Crippen molar-refractivity contribution in [3.63, 3.8) is 0 Å². The molecular formula is C21H18FN3OS. The maximum Gasteiger partial charge on any atom is 0.250 e. The summed E-state index contributed by atoms with van der Waals surface area (Å²) < 4.78 is 13.7. The van der Waals surface area contributed by atoms with E-state index in [9.17, 15) is 9.18 Å². The van der Waals surface area contributed by atoms with Gasteiger partial charge in [-0.1, -0.05) is 72.8 Å². The standard InChI is InChI=1S/C21H18FN3OS/c22-17-13-7-8-14-18(17)23-21(27)25-24-20(26)19(15-9-3-1-4-10-15)16-11-5-2-6-12-16/h1-14,19H,(H,24,26)(H2,23,25,27). The van der Waals surface area contributed by atoms with Crippen molar-refractivity contribution in [2.24, 2.45) is 0 Å². The minimum Gasteiger partial charge on any atom is -0.329 e. The zero-order chi connectivity index (χ0) is 19.1. The molecule has 0 saturated carbocycles. The summed E-state index contributed by atoms with van der Waals surface area (Å²) in [6.07, 6.45) is 0. The molecule has 0 aliphatic rings. The Morgan fingerprint density at radius 2 is 1.30 bits per heavy atom. The molecule has 0 atom stereocenters. The first-order valence-electron chi connectivity index (χ1n) is 8.36. The van der Waals surface area contributed by atoms with Crippen LogP contribution in [-0.2, 0) is 4.79 Å². The lowest BCUT2D eigenvalue weighted by atomic mass is 9.91. The molecule has 6 heteroatoms. The Labute approximate surface area is 162 Å². The molecule has 0 saturated heterocycles. The summed E-state index contributed by atoms with van der Waals surface area (Å²) >= 11 is 5.13. The second-order valence-corrected chi connectivity index (χ2v) is 6.21. The van der Waals surface area contributed by atoms with Crippen LogP contribution in [0.4, 0.5) is 10.1 Å². The fraction of sp³-hybridized carbons (Fsp3) is 0.0476. The van der Waals surface area contributed by atoms with Gasteiger partial charge in [-0.2, -0.15) is 0 Å². The molecule has 0 fully saturated rings. The van der Waals surface area contributed by atoms with Crippen LogP contribution < -0.4 is 16.2 Å². The average Bonchev–Trinajstić information content (AvgIpc) is 2.70. The van der Waals surface area contributed by atoms with E-state index in [2.05, 4.69) is 16.2 Å². The summed E-state index contributed by atoms with van der Waals surface area (Å²) in [5.74, 6) is -1.21. The molecule has 1 amide bonds. The molecule has 136 valence electrons. The lowest BCUT2D eigenvalue weighted by Gasteiger charge is -2.19. The number of para-hydroxylation sites is 1. The molecule has 3 aromatic carbocycles. The van der Waals surface area contributed by atoms with Crippen LogP contribution in [0.15, 0.2) is 84.9 Å².